The largest absolute Gasteiger partial charge is 0.388 e. The van der Waals surface area contributed by atoms with Crippen molar-refractivity contribution in [1.82, 2.24) is 10.2 Å². The zero-order valence-electron chi connectivity index (χ0n) is 20.5. The van der Waals surface area contributed by atoms with Gasteiger partial charge in [-0.1, -0.05) is 89.2 Å². The van der Waals surface area contributed by atoms with Crippen LogP contribution in [0, 0.1) is 5.82 Å². The van der Waals surface area contributed by atoms with Gasteiger partial charge in [-0.05, 0) is 48.1 Å². The van der Waals surface area contributed by atoms with Gasteiger partial charge in [0, 0.05) is 37.3 Å². The van der Waals surface area contributed by atoms with E-state index in [0.29, 0.717) is 0 Å². The number of nitrogens with one attached hydrogen (secondary N) is 1. The van der Waals surface area contributed by atoms with Crippen molar-refractivity contribution in [3.63, 3.8) is 0 Å². The molecule has 0 amide bonds. The maximum Gasteiger partial charge on any atom is 0.123 e. The molecule has 2 rings (SSSR count). The molecule has 2 aromatic rings. The Hall–Kier alpha value is -2.39. The van der Waals surface area contributed by atoms with Crippen LogP contribution in [-0.2, 0) is 18.4 Å². The van der Waals surface area contributed by atoms with Crippen molar-refractivity contribution in [2.45, 2.75) is 65.3 Å². The van der Waals surface area contributed by atoms with Crippen LogP contribution in [0.3, 0.4) is 0 Å². The quantitative estimate of drug-likeness (QED) is 0.320. The summed E-state index contributed by atoms with van der Waals surface area (Å²) in [4.78, 5) is 2.44. The first-order chi connectivity index (χ1) is 15.3. The fourth-order valence-electron chi connectivity index (χ4n) is 4.18. The van der Waals surface area contributed by atoms with Gasteiger partial charge in [0.25, 0.3) is 0 Å². The second-order valence-corrected chi connectivity index (χ2v) is 9.04. The molecule has 0 aliphatic carbocycles. The zero-order valence-corrected chi connectivity index (χ0v) is 20.5. The van der Waals surface area contributed by atoms with Crippen LogP contribution >= 0.6 is 0 Å². The molecule has 0 fully saturated rings. The molecule has 1 N–H and O–H groups in total. The lowest BCUT2D eigenvalue weighted by Crippen LogP contribution is -2.42. The number of hydrogen-bond donors (Lipinski definition) is 1. The zero-order chi connectivity index (χ0) is 23.6. The molecule has 0 heterocycles. The lowest BCUT2D eigenvalue weighted by atomic mass is 9.74. The van der Waals surface area contributed by atoms with E-state index >= 15 is 0 Å². The van der Waals surface area contributed by atoms with Crippen molar-refractivity contribution in [1.29, 1.82) is 0 Å². The van der Waals surface area contributed by atoms with Gasteiger partial charge in [-0.25, -0.2) is 4.39 Å². The molecule has 0 aliphatic heterocycles. The topological polar surface area (TPSA) is 15.3 Å². The van der Waals surface area contributed by atoms with Crippen molar-refractivity contribution in [3.05, 3.63) is 95.5 Å². The summed E-state index contributed by atoms with van der Waals surface area (Å²) in [6.45, 7) is 20.8. The normalized spacial score (nSPS) is 13.1. The van der Waals surface area contributed by atoms with Crippen molar-refractivity contribution < 1.29 is 4.39 Å². The van der Waals surface area contributed by atoms with Crippen LogP contribution < -0.4 is 5.32 Å². The predicted molar refractivity (Wildman–Crippen MR) is 136 cm³/mol. The molecule has 0 aliphatic rings. The highest BCUT2D eigenvalue weighted by molar-refractivity contribution is 5.35. The minimum atomic E-state index is -0.280. The monoisotopic (exact) mass is 436 g/mol. The van der Waals surface area contributed by atoms with Crippen LogP contribution in [-0.4, -0.2) is 24.5 Å². The minimum Gasteiger partial charge on any atom is -0.388 e. The maximum atomic E-state index is 13.7. The molecule has 0 saturated heterocycles. The van der Waals surface area contributed by atoms with E-state index in [9.17, 15) is 4.39 Å². The van der Waals surface area contributed by atoms with E-state index in [4.69, 9.17) is 0 Å². The summed E-state index contributed by atoms with van der Waals surface area (Å²) in [7, 11) is 0. The van der Waals surface area contributed by atoms with Crippen molar-refractivity contribution in [2.75, 3.05) is 19.6 Å². The molecular weight excluding hydrogens is 395 g/mol. The Morgan fingerprint density at radius 1 is 0.938 bits per heavy atom. The maximum absolute atomic E-state index is 13.7. The van der Waals surface area contributed by atoms with E-state index in [1.165, 1.54) is 16.7 Å². The van der Waals surface area contributed by atoms with Crippen LogP contribution in [0.15, 0.2) is 73.0 Å². The third-order valence-electron chi connectivity index (χ3n) is 6.23. The molecule has 0 aromatic heterocycles. The van der Waals surface area contributed by atoms with Crippen LogP contribution in [0.25, 0.3) is 0 Å². The molecule has 0 spiro atoms. The standard InChI is InChI=1S/C29H41FN2/c1-7-10-23(4)29(6,27-15-17-28(30)18-16-27)22-32(20-24(5)31-19-8-2)21-26-13-11-25(9-3)12-14-26/h11-18,31H,4-5,7-10,19-22H2,1-3,6H3. The van der Waals surface area contributed by atoms with Gasteiger partial charge < -0.3 is 5.32 Å². The smallest absolute Gasteiger partial charge is 0.123 e. The first-order valence-corrected chi connectivity index (χ1v) is 12.0. The Bertz CT molecular complexity index is 854. The van der Waals surface area contributed by atoms with Gasteiger partial charge in [0.1, 0.15) is 5.82 Å². The number of hydrogen-bond acceptors (Lipinski definition) is 2. The molecule has 0 radical (unpaired) electrons. The van der Waals surface area contributed by atoms with Gasteiger partial charge in [0.05, 0.1) is 0 Å². The Morgan fingerprint density at radius 2 is 1.56 bits per heavy atom. The van der Waals surface area contributed by atoms with E-state index in [2.05, 4.69) is 75.3 Å². The number of aryl methyl sites for hydroxylation is 1. The number of rotatable bonds is 14. The Balaban J connectivity index is 2.34. The lowest BCUT2D eigenvalue weighted by molar-refractivity contribution is 0.234. The van der Waals surface area contributed by atoms with E-state index in [-0.39, 0.29) is 11.2 Å². The molecule has 174 valence electrons. The highest BCUT2D eigenvalue weighted by Crippen LogP contribution is 2.35. The van der Waals surface area contributed by atoms with Gasteiger partial charge in [0.2, 0.25) is 0 Å². The average molecular weight is 437 g/mol. The lowest BCUT2D eigenvalue weighted by Gasteiger charge is -2.38. The summed E-state index contributed by atoms with van der Waals surface area (Å²) in [5, 5.41) is 3.45. The van der Waals surface area contributed by atoms with Gasteiger partial charge in [-0.15, -0.1) is 0 Å². The first-order valence-electron chi connectivity index (χ1n) is 12.0. The molecule has 3 heteroatoms. The summed E-state index contributed by atoms with van der Waals surface area (Å²) >= 11 is 0. The highest BCUT2D eigenvalue weighted by Gasteiger charge is 2.32. The fourth-order valence-corrected chi connectivity index (χ4v) is 4.18. The van der Waals surface area contributed by atoms with Gasteiger partial charge in [0.15, 0.2) is 0 Å². The van der Waals surface area contributed by atoms with Crippen molar-refractivity contribution >= 4 is 0 Å². The van der Waals surface area contributed by atoms with Gasteiger partial charge in [-0.3, -0.25) is 4.90 Å². The van der Waals surface area contributed by atoms with E-state index in [1.54, 1.807) is 12.1 Å². The molecule has 0 saturated carbocycles. The molecule has 32 heavy (non-hydrogen) atoms. The van der Waals surface area contributed by atoms with Crippen LogP contribution in [0.4, 0.5) is 4.39 Å². The molecule has 1 unspecified atom stereocenters. The Labute approximate surface area is 195 Å². The first kappa shape index (κ1) is 25.9. The molecule has 2 nitrogen and oxygen atoms in total. The van der Waals surface area contributed by atoms with Crippen LogP contribution in [0.5, 0.6) is 0 Å². The predicted octanol–water partition coefficient (Wildman–Crippen LogP) is 7.02. The van der Waals surface area contributed by atoms with Gasteiger partial charge >= 0.3 is 0 Å². The SMILES string of the molecule is C=C(CN(Cc1ccc(CC)cc1)CC(C)(C(=C)CCC)c1ccc(F)cc1)NCCC. The summed E-state index contributed by atoms with van der Waals surface area (Å²) in [6.07, 6.45) is 4.10. The molecule has 2 aromatic carbocycles. The second kappa shape index (κ2) is 12.6. The van der Waals surface area contributed by atoms with Crippen LogP contribution in [0.2, 0.25) is 0 Å². The van der Waals surface area contributed by atoms with Crippen LogP contribution in [0.1, 0.15) is 63.6 Å². The summed E-state index contributed by atoms with van der Waals surface area (Å²) in [5.41, 5.74) is 5.67. The Kier molecular flexibility index (Phi) is 10.2. The Morgan fingerprint density at radius 3 is 2.12 bits per heavy atom. The fraction of sp³-hybridized carbons (Fsp3) is 0.448. The van der Waals surface area contributed by atoms with E-state index < -0.39 is 0 Å². The van der Waals surface area contributed by atoms with Crippen molar-refractivity contribution in [3.8, 4) is 0 Å². The van der Waals surface area contributed by atoms with E-state index in [0.717, 1.165) is 63.1 Å². The number of halogens is 1. The van der Waals surface area contributed by atoms with Crippen molar-refractivity contribution in [2.24, 2.45) is 0 Å². The van der Waals surface area contributed by atoms with E-state index in [1.807, 2.05) is 12.1 Å². The minimum absolute atomic E-state index is 0.206. The number of benzene rings is 2. The molecule has 0 bridgehead atoms. The summed E-state index contributed by atoms with van der Waals surface area (Å²) in [6, 6.07) is 15.8. The molecular formula is C29H41FN2. The number of nitrogens with zero attached hydrogens (tertiary/aromatic N) is 1. The second-order valence-electron chi connectivity index (χ2n) is 9.04. The van der Waals surface area contributed by atoms with Gasteiger partial charge in [-0.2, -0.15) is 0 Å². The third kappa shape index (κ3) is 7.34. The summed E-state index contributed by atoms with van der Waals surface area (Å²) in [5.74, 6) is -0.206. The molecule has 1 atom stereocenters. The highest BCUT2D eigenvalue weighted by atomic mass is 19.1. The third-order valence-corrected chi connectivity index (χ3v) is 6.23. The average Bonchev–Trinajstić information content (AvgIpc) is 2.78. The summed E-state index contributed by atoms with van der Waals surface area (Å²) < 4.78 is 13.7.